The molecule has 0 saturated heterocycles. The van der Waals surface area contributed by atoms with Gasteiger partial charge >= 0.3 is 24.6 Å². The van der Waals surface area contributed by atoms with Crippen LogP contribution in [0.5, 0.6) is 0 Å². The Morgan fingerprint density at radius 1 is 0.537 bits per heavy atom. The van der Waals surface area contributed by atoms with E-state index in [0.717, 1.165) is 109 Å². The highest BCUT2D eigenvalue weighted by Crippen LogP contribution is 2.31. The fraction of sp³-hybridized carbons (Fsp3) is 0.344. The molecule has 0 aliphatic heterocycles. The van der Waals surface area contributed by atoms with Crippen LogP contribution in [0.25, 0.3) is 5.52 Å². The van der Waals surface area contributed by atoms with Gasteiger partial charge in [0, 0.05) is 48.2 Å². The number of aryl methyl sites for hydroxylation is 1. The first kappa shape index (κ1) is 100. The number of thioether (sulfide) groups is 5. The number of halogens is 6. The van der Waals surface area contributed by atoms with Gasteiger partial charge in [0.2, 0.25) is 6.41 Å². The Morgan fingerprint density at radius 2 is 0.916 bits per heavy atom. The standard InChI is InChI=1S/C21H20BrN3S.C9H12BrN3OS.C9H10BrN3S.C8H12BrN3S.C5H4BrClN2S.4CO2.5CH4/c1-3-18(20-17(22)14-23-21(25-20)26-2)24-19(15-10-6-4-7-11-15)16-12-8-5-9-13-16;1-3-7(12-5-14)8-6(10)4-11-9(13-8)15-2;1-3-7-8-6(10)4-11-9(14-2)13(8)5-12-7;1-3-6(10)7-5(9)4-11-8(12-7)13-2;1-10-5-8-2-3(6)4(7)9-5;4*2-1-3;;;;;/h4-14,18H,3H2,1-2H3;4-5,7H,3H2,1-2H3,(H,12,14);4-5H,3H2,1-2H3;4,6H,3,10H2,1-2H3;2H,1H3;;;;;5*1H4. The summed E-state index contributed by atoms with van der Waals surface area (Å²) in [4.78, 5) is 123. The number of aromatic nitrogens is 11. The molecule has 0 fully saturated rings. The number of amides is 1. The summed E-state index contributed by atoms with van der Waals surface area (Å²) in [5, 5.41) is 7.08. The molecular weight excluding hydrogens is 1670 g/mol. The monoisotopic (exact) mass is 1740 g/mol. The number of hydrogen-bond donors (Lipinski definition) is 2. The molecule has 95 heavy (non-hydrogen) atoms. The predicted molar refractivity (Wildman–Crippen MR) is 398 cm³/mol. The first-order chi connectivity index (χ1) is 43.3. The second-order valence-corrected chi connectivity index (χ2v) is 24.3. The van der Waals surface area contributed by atoms with Gasteiger partial charge in [0.1, 0.15) is 11.5 Å². The summed E-state index contributed by atoms with van der Waals surface area (Å²) < 4.78 is 6.36. The first-order valence-electron chi connectivity index (χ1n) is 25.4. The zero-order valence-corrected chi connectivity index (χ0v) is 62.1. The van der Waals surface area contributed by atoms with Gasteiger partial charge in [0.05, 0.1) is 68.5 Å². The molecule has 34 heteroatoms. The normalized spacial score (nSPS) is 9.94. The molecule has 3 atom stereocenters. The second kappa shape index (κ2) is 60.8. The quantitative estimate of drug-likeness (QED) is 0.0281. The lowest BCUT2D eigenvalue weighted by Gasteiger charge is -2.16. The molecule has 518 valence electrons. The minimum Gasteiger partial charge on any atom is -0.350 e. The molecule has 23 nitrogen and oxygen atoms in total. The van der Waals surface area contributed by atoms with Crippen LogP contribution in [0.4, 0.5) is 0 Å². The van der Waals surface area contributed by atoms with Crippen LogP contribution < -0.4 is 11.1 Å². The van der Waals surface area contributed by atoms with E-state index in [9.17, 15) is 4.79 Å². The van der Waals surface area contributed by atoms with E-state index >= 15 is 0 Å². The number of nitrogens with two attached hydrogens (primary N) is 1. The summed E-state index contributed by atoms with van der Waals surface area (Å²) in [5.41, 5.74) is 14.0. The van der Waals surface area contributed by atoms with Crippen molar-refractivity contribution in [3.8, 4) is 0 Å². The number of benzene rings is 2. The lowest BCUT2D eigenvalue weighted by atomic mass is 10.0. The summed E-state index contributed by atoms with van der Waals surface area (Å²) in [6.07, 6.45) is 25.5. The Bertz CT molecular complexity index is 3510. The Balaban J connectivity index is -0.000000254. The molecule has 1 amide bonds. The highest BCUT2D eigenvalue weighted by Gasteiger charge is 2.19. The lowest BCUT2D eigenvalue weighted by molar-refractivity contribution is -0.193. The number of fused-ring (bicyclic) bond motifs is 1. The molecule has 3 unspecified atom stereocenters. The van der Waals surface area contributed by atoms with Crippen molar-refractivity contribution >= 4 is 192 Å². The van der Waals surface area contributed by atoms with Gasteiger partial charge in [-0.1, -0.05) is 196 Å². The molecule has 0 aliphatic rings. The Morgan fingerprint density at radius 3 is 1.28 bits per heavy atom. The van der Waals surface area contributed by atoms with Gasteiger partial charge in [-0.05, 0) is 137 Å². The first-order valence-corrected chi connectivity index (χ1v) is 35.8. The zero-order valence-electron chi connectivity index (χ0n) is 49.3. The number of hydrogen-bond acceptors (Lipinski definition) is 26. The topological polar surface area (TPSA) is 337 Å². The van der Waals surface area contributed by atoms with Crippen molar-refractivity contribution in [3.63, 3.8) is 0 Å². The molecule has 8 rings (SSSR count). The van der Waals surface area contributed by atoms with Gasteiger partial charge in [0.15, 0.2) is 25.8 Å². The maximum atomic E-state index is 10.4. The number of nitrogens with zero attached hydrogens (tertiary/aromatic N) is 12. The molecule has 0 radical (unpaired) electrons. The van der Waals surface area contributed by atoms with Gasteiger partial charge in [-0.2, -0.15) is 38.4 Å². The Kier molecular flexibility index (Phi) is 64.3. The van der Waals surface area contributed by atoms with Crippen LogP contribution >= 0.6 is 150 Å². The molecule has 0 bridgehead atoms. The van der Waals surface area contributed by atoms with E-state index in [1.807, 2.05) is 105 Å². The van der Waals surface area contributed by atoms with Gasteiger partial charge in [-0.15, -0.1) is 0 Å². The molecule has 0 spiro atoms. The third kappa shape index (κ3) is 37.1. The fourth-order valence-electron chi connectivity index (χ4n) is 6.66. The van der Waals surface area contributed by atoms with E-state index in [-0.39, 0.29) is 79.9 Å². The van der Waals surface area contributed by atoms with E-state index in [1.165, 1.54) is 47.0 Å². The van der Waals surface area contributed by atoms with Gasteiger partial charge < -0.3 is 11.1 Å². The lowest BCUT2D eigenvalue weighted by Crippen LogP contribution is -2.20. The summed E-state index contributed by atoms with van der Waals surface area (Å²) in [7, 11) is 0. The maximum absolute atomic E-state index is 10.4. The van der Waals surface area contributed by atoms with Crippen molar-refractivity contribution < 1.29 is 43.2 Å². The van der Waals surface area contributed by atoms with Crippen molar-refractivity contribution in [2.45, 2.75) is 134 Å². The molecule has 3 N–H and O–H groups in total. The number of nitrogens with one attached hydrogen (secondary N) is 1. The van der Waals surface area contributed by atoms with Crippen LogP contribution in [0, 0.1) is 0 Å². The molecular formula is C61H78Br5ClN14O9S5. The molecule has 6 heterocycles. The molecule has 6 aromatic heterocycles. The van der Waals surface area contributed by atoms with Crippen LogP contribution in [0.15, 0.2) is 151 Å². The van der Waals surface area contributed by atoms with Crippen LogP contribution in [-0.4, -0.2) is 122 Å². The van der Waals surface area contributed by atoms with Crippen molar-refractivity contribution in [1.29, 1.82) is 0 Å². The third-order valence-electron chi connectivity index (χ3n) is 10.6. The highest BCUT2D eigenvalue weighted by molar-refractivity contribution is 9.11. The van der Waals surface area contributed by atoms with Crippen molar-refractivity contribution in [2.75, 3.05) is 31.3 Å². The zero-order chi connectivity index (χ0) is 68.0. The molecule has 0 saturated carbocycles. The second-order valence-electron chi connectivity index (χ2n) is 15.8. The van der Waals surface area contributed by atoms with Crippen molar-refractivity contribution in [2.24, 2.45) is 10.7 Å². The number of aliphatic imine (C=N–C) groups is 1. The fourth-order valence-corrected chi connectivity index (χ4v) is 10.8. The van der Waals surface area contributed by atoms with Gasteiger partial charge in [-0.3, -0.25) is 14.2 Å². The number of rotatable bonds is 17. The van der Waals surface area contributed by atoms with Crippen molar-refractivity contribution in [1.82, 2.24) is 59.6 Å². The summed E-state index contributed by atoms with van der Waals surface area (Å²) in [6.45, 7) is 8.27. The van der Waals surface area contributed by atoms with E-state index in [4.69, 9.17) is 65.7 Å². The third-order valence-corrected chi connectivity index (χ3v) is 17.0. The van der Waals surface area contributed by atoms with Crippen LogP contribution in [0.2, 0.25) is 5.15 Å². The van der Waals surface area contributed by atoms with E-state index in [0.29, 0.717) is 21.9 Å². The number of carbonyl (C=O) groups is 1. The van der Waals surface area contributed by atoms with E-state index in [1.54, 1.807) is 30.4 Å². The number of carbonyl (C=O) groups excluding carboxylic acids is 9. The van der Waals surface area contributed by atoms with E-state index in [2.05, 4.69) is 168 Å². The smallest absolute Gasteiger partial charge is 0.350 e. The summed E-state index contributed by atoms with van der Waals surface area (Å²) >= 11 is 30.4. The molecule has 8 aromatic rings. The maximum Gasteiger partial charge on any atom is 0.373 e. The minimum absolute atomic E-state index is 0. The molecule has 2 aromatic carbocycles. The SMILES string of the molecule is C.C.C.C.C.CCC(N)c1nc(SC)ncc1Br.CCC(N=C(c1ccccc1)c1ccccc1)c1nc(SC)ncc1Br.CCC(NC=O)c1nc(SC)ncc1Br.CCc1ncn2c(SC)ncc(Br)c12.CSc1ncc(Br)c(Cl)n1.O=C=O.O=C=O.O=C=O.O=C=O. The van der Waals surface area contributed by atoms with Crippen LogP contribution in [-0.2, 0) is 49.6 Å². The summed E-state index contributed by atoms with van der Waals surface area (Å²) in [6, 6.07) is 20.5. The minimum atomic E-state index is -0.0641. The average molecular weight is 1750 g/mol. The van der Waals surface area contributed by atoms with Crippen molar-refractivity contribution in [3.05, 3.63) is 159 Å². The van der Waals surface area contributed by atoms with E-state index < -0.39 is 0 Å². The highest BCUT2D eigenvalue weighted by atomic mass is 79.9. The number of imidazole rings is 1. The largest absolute Gasteiger partial charge is 0.373 e. The van der Waals surface area contributed by atoms with Gasteiger partial charge in [0.25, 0.3) is 0 Å². The molecule has 0 aliphatic carbocycles. The Labute approximate surface area is 625 Å². The predicted octanol–water partition coefficient (Wildman–Crippen LogP) is 16.7. The van der Waals surface area contributed by atoms with Gasteiger partial charge in [-0.25, -0.2) is 49.8 Å². The van der Waals surface area contributed by atoms with Crippen LogP contribution in [0.3, 0.4) is 0 Å². The Hall–Kier alpha value is -5.56. The average Bonchev–Trinajstić information content (AvgIpc) is 1.71. The van der Waals surface area contributed by atoms with Crippen LogP contribution in [0.1, 0.15) is 136 Å². The summed E-state index contributed by atoms with van der Waals surface area (Å²) in [5.74, 6) is 0.